The molecule has 0 aliphatic carbocycles. The molecule has 0 aromatic carbocycles. The van der Waals surface area contributed by atoms with E-state index in [2.05, 4.69) is 8.83 Å². The Morgan fingerprint density at radius 2 is 2.07 bits per heavy atom. The van der Waals surface area contributed by atoms with E-state index in [0.717, 1.165) is 12.8 Å². The summed E-state index contributed by atoms with van der Waals surface area (Å²) in [5, 5.41) is 0. The van der Waals surface area contributed by atoms with Crippen molar-refractivity contribution in [1.29, 1.82) is 0 Å². The van der Waals surface area contributed by atoms with Gasteiger partial charge in [0.1, 0.15) is 0 Å². The van der Waals surface area contributed by atoms with Gasteiger partial charge in [0, 0.05) is 0 Å². The van der Waals surface area contributed by atoms with Gasteiger partial charge in [0.15, 0.2) is 0 Å². The van der Waals surface area contributed by atoms with Gasteiger partial charge in [0.25, 0.3) is 0 Å². The van der Waals surface area contributed by atoms with Crippen LogP contribution in [0.15, 0.2) is 0 Å². The maximum absolute atomic E-state index is 9.10. The van der Waals surface area contributed by atoms with Crippen molar-refractivity contribution in [1.82, 2.24) is 0 Å². The minimum atomic E-state index is -4.41. The minimum absolute atomic E-state index is 0.0211. The van der Waals surface area contributed by atoms with Crippen LogP contribution < -0.4 is 0 Å². The average Bonchev–Trinajstić information content (AvgIpc) is 2.46. The molecule has 0 aromatic heterocycles. The quantitative estimate of drug-likeness (QED) is 0.524. The molecule has 2 atom stereocenters. The molecule has 0 aromatic rings. The third-order valence-electron chi connectivity index (χ3n) is 1.98. The zero-order chi connectivity index (χ0) is 11.5. The van der Waals surface area contributed by atoms with Crippen molar-refractivity contribution in [2.24, 2.45) is 0 Å². The Balaban J connectivity index is 2.23. The topological polar surface area (TPSA) is 109 Å². The molecular formula is C6H16O7P2. The predicted molar refractivity (Wildman–Crippen MR) is 54.7 cm³/mol. The van der Waals surface area contributed by atoms with Crippen LogP contribution >= 0.6 is 16.8 Å². The van der Waals surface area contributed by atoms with Crippen LogP contribution in [0.4, 0.5) is 0 Å². The number of rotatable bonds is 5. The zero-order valence-electron chi connectivity index (χ0n) is 8.24. The van der Waals surface area contributed by atoms with E-state index in [9.17, 15) is 0 Å². The van der Waals surface area contributed by atoms with Crippen molar-refractivity contribution in [2.45, 2.75) is 32.0 Å². The van der Waals surface area contributed by atoms with Crippen LogP contribution in [0.5, 0.6) is 0 Å². The summed E-state index contributed by atoms with van der Waals surface area (Å²) in [6, 6.07) is 0. The van der Waals surface area contributed by atoms with Gasteiger partial charge in [-0.1, -0.05) is 0 Å². The Morgan fingerprint density at radius 3 is 2.53 bits per heavy atom. The van der Waals surface area contributed by atoms with Gasteiger partial charge < -0.3 is 0 Å². The molecule has 0 bridgehead atoms. The Labute approximate surface area is 89.3 Å². The fourth-order valence-corrected chi connectivity index (χ4v) is 2.81. The Morgan fingerprint density at radius 1 is 1.40 bits per heavy atom. The molecule has 0 amide bonds. The molecule has 1 rings (SSSR count). The third kappa shape index (κ3) is 5.45. The molecule has 2 unspecified atom stereocenters. The second-order valence-corrected chi connectivity index (χ2v) is 5.97. The van der Waals surface area contributed by atoms with Crippen molar-refractivity contribution < 1.29 is 33.1 Å². The second kappa shape index (κ2) is 5.77. The third-order valence-corrected chi connectivity index (χ3v) is 4.12. The van der Waals surface area contributed by atoms with Gasteiger partial charge in [-0.2, -0.15) is 0 Å². The molecule has 7 nitrogen and oxygen atoms in total. The summed E-state index contributed by atoms with van der Waals surface area (Å²) in [7, 11) is -7.23. The first-order valence-corrected chi connectivity index (χ1v) is 7.38. The summed E-state index contributed by atoms with van der Waals surface area (Å²) in [5.74, 6) is 0. The van der Waals surface area contributed by atoms with Gasteiger partial charge in [-0.05, 0) is 0 Å². The van der Waals surface area contributed by atoms with E-state index >= 15 is 0 Å². The number of hydrogen-bond acceptors (Lipinski definition) is 7. The first-order chi connectivity index (χ1) is 6.89. The molecule has 0 saturated carbocycles. The van der Waals surface area contributed by atoms with E-state index in [0.29, 0.717) is 0 Å². The fourth-order valence-electron chi connectivity index (χ4n) is 1.34. The normalized spacial score (nSPS) is 28.7. The van der Waals surface area contributed by atoms with Crippen molar-refractivity contribution in [3.8, 4) is 0 Å². The first kappa shape index (κ1) is 13.6. The van der Waals surface area contributed by atoms with Crippen molar-refractivity contribution in [3.63, 3.8) is 0 Å². The summed E-state index contributed by atoms with van der Waals surface area (Å²) in [6.07, 6.45) is 1.62. The van der Waals surface area contributed by atoms with Crippen LogP contribution in [0.2, 0.25) is 0 Å². The number of hydrogen-bond donors (Lipinski definition) is 4. The van der Waals surface area contributed by atoms with E-state index in [-0.39, 0.29) is 18.8 Å². The molecule has 1 saturated heterocycles. The predicted octanol–water partition coefficient (Wildman–Crippen LogP) is 0.193. The van der Waals surface area contributed by atoms with Crippen LogP contribution in [0.1, 0.15) is 19.8 Å². The molecular weight excluding hydrogens is 246 g/mol. The standard InChI is InChI=1S/C6H16O7P2/c1-5-2-3-6(12-5)4-11-15(9,10)13-14(7)8/h5-10,15H,2-4H2,1H3. The monoisotopic (exact) mass is 262 g/mol. The van der Waals surface area contributed by atoms with E-state index < -0.39 is 16.8 Å². The van der Waals surface area contributed by atoms with Gasteiger partial charge in [-0.3, -0.25) is 0 Å². The molecule has 1 aliphatic rings. The molecule has 1 heterocycles. The molecule has 1 aliphatic heterocycles. The van der Waals surface area contributed by atoms with E-state index in [1.807, 2.05) is 6.92 Å². The fraction of sp³-hybridized carbons (Fsp3) is 1.00. The SMILES string of the molecule is CC1CCC(CO[PH](O)(O)OP(O)O)O1. The Bertz CT molecular complexity index is 200. The average molecular weight is 262 g/mol. The van der Waals surface area contributed by atoms with Crippen molar-refractivity contribution in [3.05, 3.63) is 0 Å². The molecule has 15 heavy (non-hydrogen) atoms. The summed E-state index contributed by atoms with van der Waals surface area (Å²) < 4.78 is 14.1. The first-order valence-electron chi connectivity index (χ1n) is 4.50. The van der Waals surface area contributed by atoms with Crippen LogP contribution in [0, 0.1) is 0 Å². The maximum atomic E-state index is 9.10. The Hall–Kier alpha value is 0.580. The van der Waals surface area contributed by atoms with Crippen LogP contribution in [0.25, 0.3) is 0 Å². The van der Waals surface area contributed by atoms with Gasteiger partial charge in [0.2, 0.25) is 0 Å². The summed E-state index contributed by atoms with van der Waals surface area (Å²) in [4.78, 5) is 35.1. The molecule has 4 N–H and O–H groups in total. The molecule has 9 heteroatoms. The molecule has 1 fully saturated rings. The molecule has 0 radical (unpaired) electrons. The van der Waals surface area contributed by atoms with Crippen molar-refractivity contribution >= 4 is 16.8 Å². The van der Waals surface area contributed by atoms with Gasteiger partial charge in [-0.25, -0.2) is 0 Å². The van der Waals surface area contributed by atoms with E-state index in [1.54, 1.807) is 0 Å². The van der Waals surface area contributed by atoms with Crippen LogP contribution in [-0.2, 0) is 13.6 Å². The van der Waals surface area contributed by atoms with Crippen LogP contribution in [-0.4, -0.2) is 38.4 Å². The van der Waals surface area contributed by atoms with Gasteiger partial charge in [-0.15, -0.1) is 0 Å². The van der Waals surface area contributed by atoms with E-state index in [4.69, 9.17) is 24.3 Å². The summed E-state index contributed by atoms with van der Waals surface area (Å²) in [5.41, 5.74) is 0. The summed E-state index contributed by atoms with van der Waals surface area (Å²) >= 11 is 0. The van der Waals surface area contributed by atoms with E-state index in [1.165, 1.54) is 0 Å². The van der Waals surface area contributed by atoms with Gasteiger partial charge >= 0.3 is 88.5 Å². The zero-order valence-corrected chi connectivity index (χ0v) is 10.1. The molecule has 0 spiro atoms. The van der Waals surface area contributed by atoms with Gasteiger partial charge in [0.05, 0.1) is 0 Å². The van der Waals surface area contributed by atoms with Crippen LogP contribution in [0.3, 0.4) is 0 Å². The summed E-state index contributed by atoms with van der Waals surface area (Å²) in [6.45, 7) is 1.90. The van der Waals surface area contributed by atoms with Crippen molar-refractivity contribution in [2.75, 3.05) is 6.61 Å². The Kier molecular flexibility index (Phi) is 5.25. The number of ether oxygens (including phenoxy) is 1. The molecule has 92 valence electrons. The second-order valence-electron chi connectivity index (χ2n) is 3.35.